The van der Waals surface area contributed by atoms with Gasteiger partial charge in [0.15, 0.2) is 6.29 Å². The summed E-state index contributed by atoms with van der Waals surface area (Å²) >= 11 is 0. The van der Waals surface area contributed by atoms with Crippen molar-refractivity contribution < 1.29 is 14.2 Å². The fourth-order valence-corrected chi connectivity index (χ4v) is 2.29. The molecule has 18 heavy (non-hydrogen) atoms. The molecule has 0 saturated carbocycles. The Morgan fingerprint density at radius 3 is 2.72 bits per heavy atom. The molecule has 1 aromatic rings. The summed E-state index contributed by atoms with van der Waals surface area (Å²) in [6.45, 7) is 2.83. The van der Waals surface area contributed by atoms with E-state index in [0.717, 1.165) is 18.7 Å². The molecular formula is C14H21NO3. The van der Waals surface area contributed by atoms with Gasteiger partial charge in [0.1, 0.15) is 11.9 Å². The smallest absolute Gasteiger partial charge is 0.171 e. The van der Waals surface area contributed by atoms with Gasteiger partial charge in [-0.15, -0.1) is 0 Å². The third-order valence-electron chi connectivity index (χ3n) is 3.25. The van der Waals surface area contributed by atoms with Gasteiger partial charge in [-0.25, -0.2) is 0 Å². The maximum atomic E-state index is 5.86. The van der Waals surface area contributed by atoms with Crippen LogP contribution in [0, 0.1) is 0 Å². The lowest BCUT2D eigenvalue weighted by atomic mass is 10.1. The van der Waals surface area contributed by atoms with Crippen molar-refractivity contribution in [3.8, 4) is 5.75 Å². The summed E-state index contributed by atoms with van der Waals surface area (Å²) in [5, 5.41) is 3.39. The van der Waals surface area contributed by atoms with Gasteiger partial charge in [-0.1, -0.05) is 18.2 Å². The van der Waals surface area contributed by atoms with Gasteiger partial charge in [-0.05, 0) is 18.6 Å². The van der Waals surface area contributed by atoms with Gasteiger partial charge >= 0.3 is 0 Å². The third-order valence-corrected chi connectivity index (χ3v) is 3.25. The molecule has 1 heterocycles. The summed E-state index contributed by atoms with van der Waals surface area (Å²) in [5.74, 6) is 1.01. The summed E-state index contributed by atoms with van der Waals surface area (Å²) < 4.78 is 16.3. The first kappa shape index (κ1) is 13.3. The largest absolute Gasteiger partial charge is 0.488 e. The number of hydrogen-bond acceptors (Lipinski definition) is 4. The molecule has 1 aromatic carbocycles. The van der Waals surface area contributed by atoms with Crippen LogP contribution in [0.2, 0.25) is 0 Å². The van der Waals surface area contributed by atoms with Crippen molar-refractivity contribution in [2.75, 3.05) is 20.8 Å². The second-order valence-corrected chi connectivity index (χ2v) is 4.59. The number of ether oxygens (including phenoxy) is 3. The fourth-order valence-electron chi connectivity index (χ4n) is 2.29. The quantitative estimate of drug-likeness (QED) is 0.779. The average Bonchev–Trinajstić information content (AvgIpc) is 2.80. The molecule has 0 bridgehead atoms. The van der Waals surface area contributed by atoms with E-state index in [0.29, 0.717) is 0 Å². The lowest BCUT2D eigenvalue weighted by Crippen LogP contribution is -2.43. The van der Waals surface area contributed by atoms with Crippen molar-refractivity contribution >= 4 is 0 Å². The van der Waals surface area contributed by atoms with Crippen molar-refractivity contribution in [3.05, 3.63) is 29.8 Å². The van der Waals surface area contributed by atoms with E-state index in [1.165, 1.54) is 5.56 Å². The van der Waals surface area contributed by atoms with E-state index in [2.05, 4.69) is 11.4 Å². The maximum absolute atomic E-state index is 5.86. The van der Waals surface area contributed by atoms with Gasteiger partial charge in [0, 0.05) is 27.2 Å². The predicted molar refractivity (Wildman–Crippen MR) is 69.8 cm³/mol. The number of fused-ring (bicyclic) bond motifs is 1. The molecule has 0 aliphatic carbocycles. The Kier molecular flexibility index (Phi) is 4.58. The van der Waals surface area contributed by atoms with E-state index >= 15 is 0 Å². The first-order chi connectivity index (χ1) is 8.74. The number of benzene rings is 1. The van der Waals surface area contributed by atoms with Crippen molar-refractivity contribution in [3.63, 3.8) is 0 Å². The summed E-state index contributed by atoms with van der Waals surface area (Å²) in [7, 11) is 3.29. The van der Waals surface area contributed by atoms with Crippen LogP contribution in [-0.4, -0.2) is 39.2 Å². The highest BCUT2D eigenvalue weighted by Gasteiger charge is 2.24. The Hall–Kier alpha value is -1.10. The molecule has 100 valence electrons. The molecule has 4 heteroatoms. The molecule has 0 aromatic heterocycles. The first-order valence-electron chi connectivity index (χ1n) is 6.28. The van der Waals surface area contributed by atoms with E-state index in [4.69, 9.17) is 14.2 Å². The van der Waals surface area contributed by atoms with Crippen LogP contribution >= 0.6 is 0 Å². The molecule has 2 unspecified atom stereocenters. The van der Waals surface area contributed by atoms with Crippen LogP contribution in [0.25, 0.3) is 0 Å². The zero-order valence-corrected chi connectivity index (χ0v) is 11.2. The standard InChI is InChI=1S/C14H21NO3/c1-10(14(16-2)17-3)15-9-12-8-11-6-4-5-7-13(11)18-12/h4-7,10,12,14-15H,8-9H2,1-3H3. The lowest BCUT2D eigenvalue weighted by molar-refractivity contribution is -0.120. The predicted octanol–water partition coefficient (Wildman–Crippen LogP) is 1.59. The van der Waals surface area contributed by atoms with Crippen LogP contribution in [0.1, 0.15) is 12.5 Å². The van der Waals surface area contributed by atoms with Crippen LogP contribution in [0.15, 0.2) is 24.3 Å². The summed E-state index contributed by atoms with van der Waals surface area (Å²) in [4.78, 5) is 0. The van der Waals surface area contributed by atoms with Crippen molar-refractivity contribution in [2.45, 2.75) is 31.8 Å². The van der Waals surface area contributed by atoms with Gasteiger partial charge < -0.3 is 19.5 Å². The molecule has 4 nitrogen and oxygen atoms in total. The molecule has 2 atom stereocenters. The SMILES string of the molecule is COC(OC)C(C)NCC1Cc2ccccc2O1. The number of hydrogen-bond donors (Lipinski definition) is 1. The molecule has 1 N–H and O–H groups in total. The first-order valence-corrected chi connectivity index (χ1v) is 6.28. The number of para-hydroxylation sites is 1. The Balaban J connectivity index is 1.80. The van der Waals surface area contributed by atoms with Crippen LogP contribution in [0.3, 0.4) is 0 Å². The second-order valence-electron chi connectivity index (χ2n) is 4.59. The van der Waals surface area contributed by atoms with E-state index in [-0.39, 0.29) is 18.4 Å². The minimum atomic E-state index is -0.228. The summed E-state index contributed by atoms with van der Waals surface area (Å²) in [5.41, 5.74) is 1.28. The van der Waals surface area contributed by atoms with E-state index in [9.17, 15) is 0 Å². The molecule has 0 amide bonds. The Morgan fingerprint density at radius 2 is 2.06 bits per heavy atom. The van der Waals surface area contributed by atoms with E-state index in [1.807, 2.05) is 25.1 Å². The third kappa shape index (κ3) is 3.02. The number of rotatable bonds is 6. The van der Waals surface area contributed by atoms with Crippen LogP contribution in [-0.2, 0) is 15.9 Å². The zero-order valence-electron chi connectivity index (χ0n) is 11.2. The van der Waals surface area contributed by atoms with Gasteiger partial charge in [-0.3, -0.25) is 0 Å². The summed E-state index contributed by atoms with van der Waals surface area (Å²) in [6.07, 6.45) is 0.925. The Bertz CT molecular complexity index is 354. The zero-order chi connectivity index (χ0) is 13.0. The second kappa shape index (κ2) is 6.18. The fraction of sp³-hybridized carbons (Fsp3) is 0.571. The average molecular weight is 251 g/mol. The highest BCUT2D eigenvalue weighted by molar-refractivity contribution is 5.37. The van der Waals surface area contributed by atoms with E-state index < -0.39 is 0 Å². The Labute approximate surface area is 108 Å². The van der Waals surface area contributed by atoms with Crippen LogP contribution < -0.4 is 10.1 Å². The van der Waals surface area contributed by atoms with Gasteiger partial charge in [0.25, 0.3) is 0 Å². The molecule has 1 aliphatic heterocycles. The molecule has 0 fully saturated rings. The minimum Gasteiger partial charge on any atom is -0.488 e. The normalized spacial score (nSPS) is 19.7. The molecule has 0 saturated heterocycles. The van der Waals surface area contributed by atoms with Gasteiger partial charge in [-0.2, -0.15) is 0 Å². The topological polar surface area (TPSA) is 39.7 Å². The lowest BCUT2D eigenvalue weighted by Gasteiger charge is -2.23. The molecule has 0 radical (unpaired) electrons. The summed E-state index contributed by atoms with van der Waals surface area (Å²) in [6, 6.07) is 8.32. The maximum Gasteiger partial charge on any atom is 0.171 e. The van der Waals surface area contributed by atoms with Crippen LogP contribution in [0.5, 0.6) is 5.75 Å². The van der Waals surface area contributed by atoms with Crippen molar-refractivity contribution in [1.29, 1.82) is 0 Å². The Morgan fingerprint density at radius 1 is 1.33 bits per heavy atom. The molecule has 0 spiro atoms. The highest BCUT2D eigenvalue weighted by atomic mass is 16.7. The molecule has 1 aliphatic rings. The van der Waals surface area contributed by atoms with Crippen molar-refractivity contribution in [1.82, 2.24) is 5.32 Å². The monoisotopic (exact) mass is 251 g/mol. The van der Waals surface area contributed by atoms with Gasteiger partial charge in [0.05, 0.1) is 6.04 Å². The molecule has 2 rings (SSSR count). The minimum absolute atomic E-state index is 0.132. The molecular weight excluding hydrogens is 230 g/mol. The number of nitrogens with one attached hydrogen (secondary N) is 1. The van der Waals surface area contributed by atoms with Crippen molar-refractivity contribution in [2.24, 2.45) is 0 Å². The van der Waals surface area contributed by atoms with Crippen LogP contribution in [0.4, 0.5) is 0 Å². The number of methoxy groups -OCH3 is 2. The van der Waals surface area contributed by atoms with E-state index in [1.54, 1.807) is 14.2 Å². The van der Waals surface area contributed by atoms with Gasteiger partial charge in [0.2, 0.25) is 0 Å². The highest BCUT2D eigenvalue weighted by Crippen LogP contribution is 2.27.